The smallest absolute Gasteiger partial charge is 0.132 e. The van der Waals surface area contributed by atoms with Crippen LogP contribution in [0.15, 0.2) is 30.6 Å². The maximum atomic E-state index is 4.51. The van der Waals surface area contributed by atoms with Crippen molar-refractivity contribution in [2.45, 2.75) is 0 Å². The van der Waals surface area contributed by atoms with Crippen LogP contribution in [0.5, 0.6) is 0 Å². The molecule has 0 aliphatic heterocycles. The molecule has 0 aromatic carbocycles. The molecule has 0 aliphatic rings. The number of halogens is 1. The zero-order valence-corrected chi connectivity index (χ0v) is 7.00. The van der Waals surface area contributed by atoms with Gasteiger partial charge in [0.2, 0.25) is 0 Å². The molecule has 2 nitrogen and oxygen atoms in total. The van der Waals surface area contributed by atoms with Crippen molar-refractivity contribution in [3.63, 3.8) is 0 Å². The van der Waals surface area contributed by atoms with Gasteiger partial charge in [0.05, 0.1) is 0 Å². The van der Waals surface area contributed by atoms with Gasteiger partial charge < -0.3 is 0 Å². The van der Waals surface area contributed by atoms with Crippen LogP contribution in [0, 0.1) is 0 Å². The lowest BCUT2D eigenvalue weighted by Gasteiger charge is -1.70. The third-order valence-electron chi connectivity index (χ3n) is 0.566. The van der Waals surface area contributed by atoms with Crippen molar-refractivity contribution >= 4 is 21.3 Å². The van der Waals surface area contributed by atoms with Crippen molar-refractivity contribution in [1.29, 1.82) is 0 Å². The minimum Gasteiger partial charge on any atom is -0.265 e. The number of hydrogen-bond donors (Lipinski definition) is 0. The van der Waals surface area contributed by atoms with Gasteiger partial charge in [-0.2, -0.15) is 0 Å². The van der Waals surface area contributed by atoms with E-state index in [2.05, 4.69) is 20.9 Å². The van der Waals surface area contributed by atoms with Gasteiger partial charge in [0, 0.05) is 12.4 Å². The molecule has 1 aromatic heterocycles. The number of nitrogens with zero attached hydrogens (tertiary/aromatic N) is 1. The molecule has 1 rings (SSSR count). The molecular formula is C5H8ClNOP+. The fourth-order valence-corrected chi connectivity index (χ4v) is 0.313. The highest BCUT2D eigenvalue weighted by molar-refractivity contribution is 7.11. The molecule has 1 atom stereocenters. The van der Waals surface area contributed by atoms with Crippen LogP contribution in [-0.4, -0.2) is 4.98 Å². The minimum atomic E-state index is 1.24. The van der Waals surface area contributed by atoms with Crippen LogP contribution in [0.4, 0.5) is 0 Å². The number of rotatable bonds is 0. The molecule has 0 N–H and O–H groups in total. The van der Waals surface area contributed by atoms with Crippen molar-refractivity contribution in [2.75, 3.05) is 0 Å². The number of hydrogen-bond acceptors (Lipinski definition) is 2. The van der Waals surface area contributed by atoms with E-state index in [4.69, 9.17) is 0 Å². The Kier molecular flexibility index (Phi) is 7.68. The lowest BCUT2D eigenvalue weighted by Crippen LogP contribution is -1.58. The highest BCUT2D eigenvalue weighted by Crippen LogP contribution is 1.83. The summed E-state index contributed by atoms with van der Waals surface area (Å²) in [6.07, 6.45) is 3.50. The summed E-state index contributed by atoms with van der Waals surface area (Å²) in [5, 5.41) is 0. The first-order chi connectivity index (χ1) is 4.41. The second-order valence-corrected chi connectivity index (χ2v) is 2.01. The Labute approximate surface area is 61.7 Å². The molecule has 0 bridgehead atoms. The third kappa shape index (κ3) is 7.83. The second-order valence-electron chi connectivity index (χ2n) is 1.13. The molecule has 1 unspecified atom stereocenters. The summed E-state index contributed by atoms with van der Waals surface area (Å²) in [7, 11) is 1.24. The van der Waals surface area contributed by atoms with Crippen LogP contribution in [-0.2, 0) is 4.08 Å². The predicted octanol–water partition coefficient (Wildman–Crippen LogP) is 1.76. The van der Waals surface area contributed by atoms with E-state index in [1.165, 1.54) is 9.47 Å². The Morgan fingerprint density at radius 2 is 1.67 bits per heavy atom. The van der Waals surface area contributed by atoms with Crippen LogP contribution in [0.3, 0.4) is 0 Å². The van der Waals surface area contributed by atoms with E-state index in [1.807, 2.05) is 18.2 Å². The molecule has 50 valence electrons. The summed E-state index contributed by atoms with van der Waals surface area (Å²) in [5.41, 5.74) is 0. The van der Waals surface area contributed by atoms with Crippen LogP contribution in [0.1, 0.15) is 0 Å². The fourth-order valence-electron chi connectivity index (χ4n) is 0.313. The largest absolute Gasteiger partial charge is 0.265 e. The Bertz CT molecular complexity index is 99.8. The molecule has 0 spiro atoms. The summed E-state index contributed by atoms with van der Waals surface area (Å²) in [6.45, 7) is 0. The van der Waals surface area contributed by atoms with E-state index in [1.54, 1.807) is 12.4 Å². The maximum absolute atomic E-state index is 4.51. The molecule has 9 heavy (non-hydrogen) atoms. The Balaban J connectivity index is 0.000000187. The van der Waals surface area contributed by atoms with Crippen LogP contribution >= 0.6 is 21.3 Å². The fraction of sp³-hybridized carbons (Fsp3) is 0. The summed E-state index contributed by atoms with van der Waals surface area (Å²) >= 11 is 4.51. The van der Waals surface area contributed by atoms with E-state index in [9.17, 15) is 0 Å². The van der Waals surface area contributed by atoms with E-state index in [0.717, 1.165) is 0 Å². The van der Waals surface area contributed by atoms with Gasteiger partial charge in [0.25, 0.3) is 0 Å². The number of pyridine rings is 1. The van der Waals surface area contributed by atoms with Gasteiger partial charge in [-0.3, -0.25) is 4.98 Å². The van der Waals surface area contributed by atoms with Gasteiger partial charge in [0.1, 0.15) is 21.3 Å². The van der Waals surface area contributed by atoms with Gasteiger partial charge >= 0.3 is 0 Å². The average molecular weight is 165 g/mol. The quantitative estimate of drug-likeness (QED) is 0.545. The van der Waals surface area contributed by atoms with Crippen molar-refractivity contribution in [2.24, 2.45) is 0 Å². The number of aromatic nitrogens is 1. The average Bonchev–Trinajstić information content (AvgIpc) is 1.93. The SMILES string of the molecule is [PH3+]OCl.c1ccncc1. The Morgan fingerprint density at radius 1 is 1.22 bits per heavy atom. The van der Waals surface area contributed by atoms with Gasteiger partial charge in [-0.05, 0) is 12.1 Å². The molecule has 0 saturated heterocycles. The van der Waals surface area contributed by atoms with Crippen LogP contribution < -0.4 is 0 Å². The van der Waals surface area contributed by atoms with Crippen molar-refractivity contribution < 1.29 is 4.08 Å². The molecule has 0 amide bonds. The molecule has 0 saturated carbocycles. The van der Waals surface area contributed by atoms with E-state index in [0.29, 0.717) is 0 Å². The second kappa shape index (κ2) is 7.83. The summed E-state index contributed by atoms with van der Waals surface area (Å²) in [5.74, 6) is 0. The van der Waals surface area contributed by atoms with Gasteiger partial charge in [0.15, 0.2) is 0 Å². The van der Waals surface area contributed by atoms with Gasteiger partial charge in [-0.1, -0.05) is 6.07 Å². The summed E-state index contributed by atoms with van der Waals surface area (Å²) in [6, 6.07) is 5.72. The molecule has 0 aliphatic carbocycles. The maximum Gasteiger partial charge on any atom is 0.132 e. The van der Waals surface area contributed by atoms with Crippen LogP contribution in [0.25, 0.3) is 0 Å². The van der Waals surface area contributed by atoms with E-state index in [-0.39, 0.29) is 0 Å². The third-order valence-corrected chi connectivity index (χ3v) is 0.566. The van der Waals surface area contributed by atoms with E-state index < -0.39 is 0 Å². The first kappa shape index (κ1) is 8.83. The lowest BCUT2D eigenvalue weighted by atomic mass is 10.5. The highest BCUT2D eigenvalue weighted by Gasteiger charge is 1.58. The zero-order chi connectivity index (χ0) is 6.95. The predicted molar refractivity (Wildman–Crippen MR) is 42.3 cm³/mol. The Morgan fingerprint density at radius 3 is 1.78 bits per heavy atom. The minimum absolute atomic E-state index is 1.24. The van der Waals surface area contributed by atoms with Crippen molar-refractivity contribution in [3.8, 4) is 0 Å². The van der Waals surface area contributed by atoms with Gasteiger partial charge in [-0.25, -0.2) is 0 Å². The molecule has 1 heterocycles. The summed E-state index contributed by atoms with van der Waals surface area (Å²) < 4.78 is 3.75. The monoisotopic (exact) mass is 164 g/mol. The first-order valence-electron chi connectivity index (χ1n) is 2.29. The molecule has 4 heteroatoms. The van der Waals surface area contributed by atoms with E-state index >= 15 is 0 Å². The highest BCUT2D eigenvalue weighted by atomic mass is 35.5. The molecule has 0 fully saturated rings. The molecule has 1 aromatic rings. The lowest BCUT2D eigenvalue weighted by molar-refractivity contribution is 0.728. The summed E-state index contributed by atoms with van der Waals surface area (Å²) in [4.78, 5) is 3.78. The molecule has 0 radical (unpaired) electrons. The molecular weight excluding hydrogens is 156 g/mol. The standard InChI is InChI=1S/C5H5N.ClH3OP/c1-2-4-6-5-3-1;1-2-3/h1-5H;3H3/q;+1. The van der Waals surface area contributed by atoms with Crippen molar-refractivity contribution in [3.05, 3.63) is 30.6 Å². The Hall–Kier alpha value is -0.170. The normalized spacial score (nSPS) is 7.67. The first-order valence-corrected chi connectivity index (χ1v) is 3.18. The zero-order valence-electron chi connectivity index (χ0n) is 4.83. The van der Waals surface area contributed by atoms with Gasteiger partial charge in [-0.15, -0.1) is 4.08 Å². The topological polar surface area (TPSA) is 22.1 Å². The van der Waals surface area contributed by atoms with Crippen LogP contribution in [0.2, 0.25) is 0 Å². The van der Waals surface area contributed by atoms with Crippen molar-refractivity contribution in [1.82, 2.24) is 4.98 Å².